The molecule has 0 amide bonds. The second kappa shape index (κ2) is 7.38. The molecule has 2 rings (SSSR count). The molecule has 0 aliphatic heterocycles. The molecule has 0 bridgehead atoms. The average Bonchev–Trinajstić information content (AvgIpc) is 2.49. The van der Waals surface area contributed by atoms with Crippen LogP contribution in [0.2, 0.25) is 0 Å². The van der Waals surface area contributed by atoms with Crippen LogP contribution in [-0.2, 0) is 14.9 Å². The molecule has 0 saturated heterocycles. The Kier molecular flexibility index (Phi) is 5.53. The van der Waals surface area contributed by atoms with Crippen molar-refractivity contribution in [2.45, 2.75) is 19.9 Å². The van der Waals surface area contributed by atoms with Crippen LogP contribution in [0.4, 0.5) is 0 Å². The lowest BCUT2D eigenvalue weighted by Crippen LogP contribution is -2.56. The van der Waals surface area contributed by atoms with Crippen molar-refractivity contribution < 1.29 is 8.85 Å². The lowest BCUT2D eigenvalue weighted by Gasteiger charge is -2.30. The molecule has 0 fully saturated rings. The van der Waals surface area contributed by atoms with Gasteiger partial charge in [-0.2, -0.15) is 0 Å². The number of hydrogen-bond donors (Lipinski definition) is 0. The fourth-order valence-corrected chi connectivity index (χ4v) is 5.67. The van der Waals surface area contributed by atoms with Crippen LogP contribution in [0, 0.1) is 0 Å². The van der Waals surface area contributed by atoms with Gasteiger partial charge in [-0.1, -0.05) is 60.7 Å². The molecule has 0 aromatic heterocycles. The summed E-state index contributed by atoms with van der Waals surface area (Å²) in [4.78, 5) is 0. The molecule has 0 aliphatic carbocycles. The van der Waals surface area contributed by atoms with Gasteiger partial charge in [0.1, 0.15) is 0 Å². The van der Waals surface area contributed by atoms with E-state index in [1.165, 1.54) is 10.8 Å². The molecule has 0 radical (unpaired) electrons. The zero-order valence-electron chi connectivity index (χ0n) is 12.2. The molecule has 2 aromatic carbocycles. The standard InChI is InChI=1S/C17H22O2Si/c1-3-18-20(19-4-2,17-13-9-6-10-14-17)15-16-11-7-5-8-12-16/h5-14H,3-4,15H2,1-2H3. The second-order valence-electron chi connectivity index (χ2n) is 4.65. The maximum absolute atomic E-state index is 6.18. The van der Waals surface area contributed by atoms with Crippen molar-refractivity contribution in [2.24, 2.45) is 0 Å². The Bertz CT molecular complexity index is 493. The van der Waals surface area contributed by atoms with Gasteiger partial charge in [0.25, 0.3) is 0 Å². The molecular formula is C17H22O2Si. The molecule has 0 heterocycles. The number of rotatable bonds is 7. The van der Waals surface area contributed by atoms with Crippen molar-refractivity contribution in [1.82, 2.24) is 0 Å². The minimum Gasteiger partial charge on any atom is -0.391 e. The van der Waals surface area contributed by atoms with Gasteiger partial charge in [0.05, 0.1) is 0 Å². The predicted octanol–water partition coefficient (Wildman–Crippen LogP) is 3.19. The van der Waals surface area contributed by atoms with Gasteiger partial charge in [0, 0.05) is 19.3 Å². The van der Waals surface area contributed by atoms with E-state index in [2.05, 4.69) is 48.5 Å². The van der Waals surface area contributed by atoms with Gasteiger partial charge in [0.2, 0.25) is 0 Å². The van der Waals surface area contributed by atoms with E-state index in [0.717, 1.165) is 6.04 Å². The molecule has 0 N–H and O–H groups in total. The summed E-state index contributed by atoms with van der Waals surface area (Å²) in [5.41, 5.74) is 1.27. The van der Waals surface area contributed by atoms with E-state index in [1.807, 2.05) is 26.0 Å². The maximum atomic E-state index is 6.18. The molecule has 20 heavy (non-hydrogen) atoms. The summed E-state index contributed by atoms with van der Waals surface area (Å²) in [5.74, 6) is 0. The average molecular weight is 286 g/mol. The SMILES string of the molecule is CCO[Si](Cc1ccccc1)(OCC)c1ccccc1. The smallest absolute Gasteiger partial charge is 0.377 e. The molecule has 0 saturated carbocycles. The topological polar surface area (TPSA) is 18.5 Å². The normalized spacial score (nSPS) is 11.5. The van der Waals surface area contributed by atoms with Gasteiger partial charge >= 0.3 is 8.56 Å². The third kappa shape index (κ3) is 3.57. The summed E-state index contributed by atoms with van der Waals surface area (Å²) < 4.78 is 12.4. The third-order valence-corrected chi connectivity index (χ3v) is 6.84. The van der Waals surface area contributed by atoms with Crippen molar-refractivity contribution >= 4 is 13.7 Å². The minimum atomic E-state index is -2.41. The molecule has 106 valence electrons. The first-order valence-electron chi connectivity index (χ1n) is 7.18. The monoisotopic (exact) mass is 286 g/mol. The Morgan fingerprint density at radius 1 is 0.750 bits per heavy atom. The quantitative estimate of drug-likeness (QED) is 0.728. The zero-order valence-corrected chi connectivity index (χ0v) is 13.2. The van der Waals surface area contributed by atoms with Crippen molar-refractivity contribution in [3.63, 3.8) is 0 Å². The Balaban J connectivity index is 2.36. The molecular weight excluding hydrogens is 264 g/mol. The highest BCUT2D eigenvalue weighted by Crippen LogP contribution is 2.16. The first-order chi connectivity index (χ1) is 9.80. The first kappa shape index (κ1) is 15.0. The number of benzene rings is 2. The first-order valence-corrected chi connectivity index (χ1v) is 9.20. The summed E-state index contributed by atoms with van der Waals surface area (Å²) in [6.07, 6.45) is 0. The van der Waals surface area contributed by atoms with Crippen LogP contribution in [0.3, 0.4) is 0 Å². The van der Waals surface area contributed by atoms with Gasteiger partial charge in [-0.25, -0.2) is 0 Å². The fraction of sp³-hybridized carbons (Fsp3) is 0.294. The summed E-state index contributed by atoms with van der Waals surface area (Å²) >= 11 is 0. The second-order valence-corrected chi connectivity index (χ2v) is 7.66. The van der Waals surface area contributed by atoms with E-state index in [9.17, 15) is 0 Å². The summed E-state index contributed by atoms with van der Waals surface area (Å²) in [5, 5.41) is 1.20. The highest BCUT2D eigenvalue weighted by atomic mass is 28.4. The molecule has 0 unspecified atom stereocenters. The Hall–Kier alpha value is -1.42. The zero-order chi connectivity index (χ0) is 14.3. The van der Waals surface area contributed by atoms with E-state index < -0.39 is 8.56 Å². The van der Waals surface area contributed by atoms with Crippen LogP contribution in [-0.4, -0.2) is 21.8 Å². The molecule has 0 atom stereocenters. The van der Waals surface area contributed by atoms with Gasteiger partial charge in [0.15, 0.2) is 0 Å². The Morgan fingerprint density at radius 2 is 1.25 bits per heavy atom. The largest absolute Gasteiger partial charge is 0.391 e. The van der Waals surface area contributed by atoms with Gasteiger partial charge in [-0.15, -0.1) is 0 Å². The van der Waals surface area contributed by atoms with Crippen LogP contribution in [0.25, 0.3) is 0 Å². The fourth-order valence-electron chi connectivity index (χ4n) is 2.44. The Labute approximate surface area is 122 Å². The summed E-state index contributed by atoms with van der Waals surface area (Å²) in [6, 6.07) is 21.7. The lowest BCUT2D eigenvalue weighted by molar-refractivity contribution is 0.195. The third-order valence-electron chi connectivity index (χ3n) is 3.25. The van der Waals surface area contributed by atoms with Gasteiger partial charge < -0.3 is 8.85 Å². The molecule has 3 heteroatoms. The van der Waals surface area contributed by atoms with Gasteiger partial charge in [-0.05, 0) is 24.6 Å². The summed E-state index contributed by atoms with van der Waals surface area (Å²) in [6.45, 7) is 5.42. The van der Waals surface area contributed by atoms with E-state index in [-0.39, 0.29) is 0 Å². The highest BCUT2D eigenvalue weighted by Gasteiger charge is 2.39. The van der Waals surface area contributed by atoms with Crippen molar-refractivity contribution in [3.8, 4) is 0 Å². The van der Waals surface area contributed by atoms with Crippen LogP contribution < -0.4 is 5.19 Å². The van der Waals surface area contributed by atoms with Crippen molar-refractivity contribution in [3.05, 3.63) is 66.2 Å². The molecule has 2 nitrogen and oxygen atoms in total. The maximum Gasteiger partial charge on any atom is 0.377 e. The Morgan fingerprint density at radius 3 is 1.75 bits per heavy atom. The predicted molar refractivity (Wildman–Crippen MR) is 85.2 cm³/mol. The molecule has 0 spiro atoms. The van der Waals surface area contributed by atoms with Crippen molar-refractivity contribution in [1.29, 1.82) is 0 Å². The molecule has 0 aliphatic rings. The number of hydrogen-bond acceptors (Lipinski definition) is 2. The summed E-state index contributed by atoms with van der Waals surface area (Å²) in [7, 11) is -2.41. The van der Waals surface area contributed by atoms with Crippen molar-refractivity contribution in [2.75, 3.05) is 13.2 Å². The lowest BCUT2D eigenvalue weighted by atomic mass is 10.2. The minimum absolute atomic E-state index is 0.675. The van der Waals surface area contributed by atoms with Crippen LogP contribution in [0.15, 0.2) is 60.7 Å². The highest BCUT2D eigenvalue weighted by molar-refractivity contribution is 6.80. The van der Waals surface area contributed by atoms with Crippen LogP contribution >= 0.6 is 0 Å². The van der Waals surface area contributed by atoms with Crippen LogP contribution in [0.5, 0.6) is 0 Å². The van der Waals surface area contributed by atoms with E-state index in [1.54, 1.807) is 0 Å². The van der Waals surface area contributed by atoms with E-state index in [0.29, 0.717) is 13.2 Å². The van der Waals surface area contributed by atoms with Gasteiger partial charge in [-0.3, -0.25) is 0 Å². The van der Waals surface area contributed by atoms with E-state index in [4.69, 9.17) is 8.85 Å². The molecule has 2 aromatic rings. The van der Waals surface area contributed by atoms with E-state index >= 15 is 0 Å². The van der Waals surface area contributed by atoms with Crippen LogP contribution in [0.1, 0.15) is 19.4 Å².